The number of carbonyl (C=O) groups is 2. The molecule has 1 heterocycles. The van der Waals surface area contributed by atoms with Crippen LogP contribution in [-0.2, 0) is 11.2 Å². The highest BCUT2D eigenvalue weighted by atomic mass is 19.1. The lowest BCUT2D eigenvalue weighted by Crippen LogP contribution is -2.38. The summed E-state index contributed by atoms with van der Waals surface area (Å²) < 4.78 is 13.3. The maximum Gasteiger partial charge on any atom is 0.254 e. The zero-order chi connectivity index (χ0) is 18.5. The summed E-state index contributed by atoms with van der Waals surface area (Å²) in [6.45, 7) is 1.18. The Morgan fingerprint density at radius 2 is 2.00 bits per heavy atom. The van der Waals surface area contributed by atoms with Crippen LogP contribution in [0, 0.1) is 5.82 Å². The molecule has 0 atom stereocenters. The molecule has 0 bridgehead atoms. The Bertz CT molecular complexity index is 822. The molecule has 3 rings (SSSR count). The summed E-state index contributed by atoms with van der Waals surface area (Å²) in [5.74, 6) is -0.462. The summed E-state index contributed by atoms with van der Waals surface area (Å²) >= 11 is 0. The zero-order valence-electron chi connectivity index (χ0n) is 14.5. The van der Waals surface area contributed by atoms with Gasteiger partial charge in [0.1, 0.15) is 5.82 Å². The summed E-state index contributed by atoms with van der Waals surface area (Å²) in [5, 5.41) is 2.80. The minimum absolute atomic E-state index is 0.0623. The number of nitrogen functional groups attached to an aromatic ring is 1. The van der Waals surface area contributed by atoms with Gasteiger partial charge in [-0.2, -0.15) is 0 Å². The first kappa shape index (κ1) is 17.9. The van der Waals surface area contributed by atoms with Gasteiger partial charge in [0.25, 0.3) is 5.91 Å². The lowest BCUT2D eigenvalue weighted by molar-refractivity contribution is -0.116. The van der Waals surface area contributed by atoms with Gasteiger partial charge in [-0.25, -0.2) is 4.39 Å². The van der Waals surface area contributed by atoms with Gasteiger partial charge in [0.05, 0.1) is 11.4 Å². The van der Waals surface area contributed by atoms with Crippen molar-refractivity contribution in [2.45, 2.75) is 25.7 Å². The number of rotatable bonds is 6. The number of nitrogens with zero attached hydrogens (tertiary/aromatic N) is 1. The van der Waals surface area contributed by atoms with Crippen molar-refractivity contribution < 1.29 is 14.0 Å². The van der Waals surface area contributed by atoms with Gasteiger partial charge in [-0.1, -0.05) is 12.1 Å². The van der Waals surface area contributed by atoms with E-state index >= 15 is 0 Å². The minimum atomic E-state index is -0.310. The van der Waals surface area contributed by atoms with Crippen LogP contribution in [0.3, 0.4) is 0 Å². The Morgan fingerprint density at radius 3 is 2.81 bits per heavy atom. The highest BCUT2D eigenvalue weighted by molar-refractivity contribution is 5.96. The van der Waals surface area contributed by atoms with E-state index in [1.807, 2.05) is 12.1 Å². The minimum Gasteiger partial charge on any atom is -0.397 e. The van der Waals surface area contributed by atoms with E-state index in [-0.39, 0.29) is 17.6 Å². The lowest BCUT2D eigenvalue weighted by atomic mass is 9.98. The van der Waals surface area contributed by atoms with E-state index in [1.165, 1.54) is 12.1 Å². The first-order chi connectivity index (χ1) is 12.5. The third-order valence-corrected chi connectivity index (χ3v) is 4.55. The van der Waals surface area contributed by atoms with E-state index < -0.39 is 0 Å². The number of nitrogens with one attached hydrogen (secondary N) is 1. The second-order valence-electron chi connectivity index (χ2n) is 6.44. The Hall–Kier alpha value is -2.89. The standard InChI is InChI=1S/C20H22FN3O2/c21-15-8-9-16-14(13-15)10-12-24(20(16)26)11-4-3-7-19(25)23-18-6-2-1-5-17(18)22/h1-2,5-6,8-9,13H,3-4,7,10-12,22H2,(H,23,25). The van der Waals surface area contributed by atoms with Crippen LogP contribution < -0.4 is 11.1 Å². The number of amides is 2. The van der Waals surface area contributed by atoms with Crippen LogP contribution in [0.25, 0.3) is 0 Å². The van der Waals surface area contributed by atoms with Crippen LogP contribution in [0.15, 0.2) is 42.5 Å². The third kappa shape index (κ3) is 4.20. The number of halogens is 1. The van der Waals surface area contributed by atoms with Crippen LogP contribution in [0.2, 0.25) is 0 Å². The average molecular weight is 355 g/mol. The fourth-order valence-corrected chi connectivity index (χ4v) is 3.13. The van der Waals surface area contributed by atoms with Gasteiger partial charge in [-0.3, -0.25) is 9.59 Å². The fraction of sp³-hybridized carbons (Fsp3) is 0.300. The van der Waals surface area contributed by atoms with Crippen LogP contribution in [-0.4, -0.2) is 29.8 Å². The number of hydrogen-bond donors (Lipinski definition) is 2. The van der Waals surface area contributed by atoms with E-state index in [4.69, 9.17) is 5.73 Å². The van der Waals surface area contributed by atoms with Crippen molar-refractivity contribution in [2.75, 3.05) is 24.1 Å². The summed E-state index contributed by atoms with van der Waals surface area (Å²) in [7, 11) is 0. The Morgan fingerprint density at radius 1 is 1.19 bits per heavy atom. The molecule has 0 unspecified atom stereocenters. The molecular weight excluding hydrogens is 333 g/mol. The fourth-order valence-electron chi connectivity index (χ4n) is 3.13. The van der Waals surface area contributed by atoms with E-state index in [2.05, 4.69) is 5.32 Å². The third-order valence-electron chi connectivity index (χ3n) is 4.55. The lowest BCUT2D eigenvalue weighted by Gasteiger charge is -2.28. The van der Waals surface area contributed by atoms with Crippen LogP contribution in [0.4, 0.5) is 15.8 Å². The second kappa shape index (κ2) is 7.99. The predicted molar refractivity (Wildman–Crippen MR) is 99.3 cm³/mol. The van der Waals surface area contributed by atoms with Crippen molar-refractivity contribution in [3.63, 3.8) is 0 Å². The van der Waals surface area contributed by atoms with Crippen molar-refractivity contribution in [1.29, 1.82) is 0 Å². The molecule has 3 N–H and O–H groups in total. The number of para-hydroxylation sites is 2. The van der Waals surface area contributed by atoms with E-state index in [0.29, 0.717) is 49.3 Å². The molecule has 26 heavy (non-hydrogen) atoms. The molecule has 0 saturated carbocycles. The summed E-state index contributed by atoms with van der Waals surface area (Å²) in [4.78, 5) is 26.2. The van der Waals surface area contributed by atoms with Gasteiger partial charge in [-0.05, 0) is 55.2 Å². The molecular formula is C20H22FN3O2. The molecule has 0 spiro atoms. The zero-order valence-corrected chi connectivity index (χ0v) is 14.5. The van der Waals surface area contributed by atoms with E-state index in [1.54, 1.807) is 23.1 Å². The topological polar surface area (TPSA) is 75.4 Å². The SMILES string of the molecule is Nc1ccccc1NC(=O)CCCCN1CCc2cc(F)ccc2C1=O. The molecule has 0 aromatic heterocycles. The van der Waals surface area contributed by atoms with Gasteiger partial charge in [-0.15, -0.1) is 0 Å². The van der Waals surface area contributed by atoms with Crippen LogP contribution in [0.1, 0.15) is 35.2 Å². The Balaban J connectivity index is 1.44. The van der Waals surface area contributed by atoms with Crippen molar-refractivity contribution in [1.82, 2.24) is 4.90 Å². The molecule has 0 aliphatic carbocycles. The van der Waals surface area contributed by atoms with Crippen molar-refractivity contribution >= 4 is 23.2 Å². The number of hydrogen-bond acceptors (Lipinski definition) is 3. The molecule has 2 amide bonds. The molecule has 2 aromatic rings. The largest absolute Gasteiger partial charge is 0.397 e. The molecule has 6 heteroatoms. The Labute approximate surface area is 152 Å². The number of anilines is 2. The Kier molecular flexibility index (Phi) is 5.51. The highest BCUT2D eigenvalue weighted by Crippen LogP contribution is 2.21. The summed E-state index contributed by atoms with van der Waals surface area (Å²) in [6, 6.07) is 11.4. The molecule has 136 valence electrons. The van der Waals surface area contributed by atoms with E-state index in [0.717, 1.165) is 12.0 Å². The highest BCUT2D eigenvalue weighted by Gasteiger charge is 2.24. The normalized spacial score (nSPS) is 13.4. The van der Waals surface area contributed by atoms with Crippen LogP contribution >= 0.6 is 0 Å². The van der Waals surface area contributed by atoms with Gasteiger partial charge in [0.15, 0.2) is 0 Å². The smallest absolute Gasteiger partial charge is 0.254 e. The number of unbranched alkanes of at least 4 members (excludes halogenated alkanes) is 1. The quantitative estimate of drug-likeness (QED) is 0.617. The summed E-state index contributed by atoms with van der Waals surface area (Å²) in [6.07, 6.45) is 2.45. The van der Waals surface area contributed by atoms with Crippen molar-refractivity contribution in [3.8, 4) is 0 Å². The van der Waals surface area contributed by atoms with Crippen LogP contribution in [0.5, 0.6) is 0 Å². The van der Waals surface area contributed by atoms with Gasteiger partial charge in [0, 0.05) is 25.1 Å². The average Bonchev–Trinajstić information content (AvgIpc) is 2.62. The van der Waals surface area contributed by atoms with Gasteiger partial charge < -0.3 is 16.0 Å². The first-order valence-electron chi connectivity index (χ1n) is 8.76. The van der Waals surface area contributed by atoms with E-state index in [9.17, 15) is 14.0 Å². The van der Waals surface area contributed by atoms with Crippen molar-refractivity contribution in [3.05, 3.63) is 59.4 Å². The number of carbonyl (C=O) groups excluding carboxylic acids is 2. The molecule has 1 aliphatic heterocycles. The number of nitrogens with two attached hydrogens (primary N) is 1. The maximum atomic E-state index is 13.3. The predicted octanol–water partition coefficient (Wildman–Crippen LogP) is 3.22. The monoisotopic (exact) mass is 355 g/mol. The second-order valence-corrected chi connectivity index (χ2v) is 6.44. The number of benzene rings is 2. The molecule has 2 aromatic carbocycles. The molecule has 5 nitrogen and oxygen atoms in total. The molecule has 0 saturated heterocycles. The number of fused-ring (bicyclic) bond motifs is 1. The molecule has 0 fully saturated rings. The van der Waals surface area contributed by atoms with Gasteiger partial charge >= 0.3 is 0 Å². The molecule has 0 radical (unpaired) electrons. The maximum absolute atomic E-state index is 13.3. The van der Waals surface area contributed by atoms with Crippen molar-refractivity contribution in [2.24, 2.45) is 0 Å². The van der Waals surface area contributed by atoms with Gasteiger partial charge in [0.2, 0.25) is 5.91 Å². The first-order valence-corrected chi connectivity index (χ1v) is 8.76. The summed E-state index contributed by atoms with van der Waals surface area (Å²) in [5.41, 5.74) is 8.31. The molecule has 1 aliphatic rings.